The van der Waals surface area contributed by atoms with Crippen molar-refractivity contribution in [3.63, 3.8) is 0 Å². The Morgan fingerprint density at radius 1 is 0.698 bits per heavy atom. The average Bonchev–Trinajstić information content (AvgIpc) is 3.54. The molecule has 2 heterocycles. The number of aliphatic hydroxyl groups is 5. The molecule has 1 fully saturated rings. The Bertz CT molecular complexity index is 769. The van der Waals surface area contributed by atoms with Crippen molar-refractivity contribution < 1.29 is 39.8 Å². The molecule has 1 saturated heterocycles. The third-order valence-corrected chi connectivity index (χ3v) is 9.10. The van der Waals surface area contributed by atoms with E-state index in [1.807, 2.05) is 0 Å². The van der Waals surface area contributed by atoms with Crippen LogP contribution in [0.1, 0.15) is 162 Å². The second kappa shape index (κ2) is 21.7. The SMILES string of the molecule is CCC[C@H](O)CCCCCCCC[C@@H](O)[C@H]1CC[C@H]([C@H](O)CCCCCCCCCC[C@@H](O)CC2=C[C@](C)(O)OC2=O)O1. The first-order chi connectivity index (χ1) is 20.6. The molecular weight excluding hydrogens is 548 g/mol. The predicted molar refractivity (Wildman–Crippen MR) is 169 cm³/mol. The van der Waals surface area contributed by atoms with Crippen molar-refractivity contribution in [2.75, 3.05) is 0 Å². The summed E-state index contributed by atoms with van der Waals surface area (Å²) in [7, 11) is 0. The van der Waals surface area contributed by atoms with Crippen molar-refractivity contribution in [3.8, 4) is 0 Å². The smallest absolute Gasteiger partial charge is 0.336 e. The van der Waals surface area contributed by atoms with E-state index in [0.29, 0.717) is 12.0 Å². The number of hydrogen-bond acceptors (Lipinski definition) is 8. The van der Waals surface area contributed by atoms with Gasteiger partial charge in [-0.2, -0.15) is 0 Å². The lowest BCUT2D eigenvalue weighted by Gasteiger charge is -2.22. The molecule has 5 N–H and O–H groups in total. The molecule has 0 aromatic carbocycles. The number of ether oxygens (including phenoxy) is 2. The number of esters is 1. The molecule has 2 rings (SSSR count). The highest BCUT2D eigenvalue weighted by molar-refractivity contribution is 5.91. The number of rotatable bonds is 26. The predicted octanol–water partition coefficient (Wildman–Crippen LogP) is 6.38. The lowest BCUT2D eigenvalue weighted by molar-refractivity contribution is -0.173. The quantitative estimate of drug-likeness (QED) is 0.0561. The van der Waals surface area contributed by atoms with E-state index < -0.39 is 30.1 Å². The van der Waals surface area contributed by atoms with Gasteiger partial charge < -0.3 is 35.0 Å². The van der Waals surface area contributed by atoms with Crippen LogP contribution in [0.5, 0.6) is 0 Å². The van der Waals surface area contributed by atoms with Crippen LogP contribution in [0.15, 0.2) is 11.6 Å². The molecule has 7 atom stereocenters. The second-order valence-electron chi connectivity index (χ2n) is 13.4. The fraction of sp³-hybridized carbons (Fsp3) is 0.914. The molecule has 2 aliphatic heterocycles. The number of carbonyl (C=O) groups is 1. The minimum absolute atomic E-state index is 0.130. The zero-order valence-electron chi connectivity index (χ0n) is 27.3. The molecule has 8 nitrogen and oxygen atoms in total. The monoisotopic (exact) mass is 612 g/mol. The van der Waals surface area contributed by atoms with Crippen molar-refractivity contribution in [3.05, 3.63) is 11.6 Å². The first kappa shape index (κ1) is 38.2. The molecule has 0 aliphatic carbocycles. The molecule has 252 valence electrons. The molecule has 0 bridgehead atoms. The molecule has 8 heteroatoms. The van der Waals surface area contributed by atoms with Crippen LogP contribution in [0.4, 0.5) is 0 Å². The van der Waals surface area contributed by atoms with E-state index >= 15 is 0 Å². The summed E-state index contributed by atoms with van der Waals surface area (Å²) in [5.41, 5.74) is 0.350. The molecule has 0 unspecified atom stereocenters. The molecule has 0 spiro atoms. The van der Waals surface area contributed by atoms with Crippen LogP contribution < -0.4 is 0 Å². The second-order valence-corrected chi connectivity index (χ2v) is 13.4. The minimum atomic E-state index is -1.55. The molecule has 0 radical (unpaired) electrons. The van der Waals surface area contributed by atoms with Gasteiger partial charge in [-0.05, 0) is 51.0 Å². The van der Waals surface area contributed by atoms with Gasteiger partial charge >= 0.3 is 5.97 Å². The standard InChI is InChI=1S/C35H64O8/c1-3-18-28(36)19-14-10-8-9-13-17-22-31(39)33-24-23-32(42-33)30(38)21-16-12-7-5-4-6-11-15-20-29(37)25-27-26-35(2,41)43-34(27)40/h26,28-33,36-39,41H,3-25H2,1-2H3/t28-,29+,30+,31+,32+,33+,35+/m0/s1. The Hall–Kier alpha value is -1.03. The Labute approximate surface area is 261 Å². The van der Waals surface area contributed by atoms with Crippen molar-refractivity contribution in [2.45, 2.75) is 204 Å². The average molecular weight is 613 g/mol. The van der Waals surface area contributed by atoms with Gasteiger partial charge in [0.15, 0.2) is 0 Å². The third-order valence-electron chi connectivity index (χ3n) is 9.10. The number of carbonyl (C=O) groups excluding carboxylic acids is 1. The largest absolute Gasteiger partial charge is 0.426 e. The van der Waals surface area contributed by atoms with Gasteiger partial charge in [0.25, 0.3) is 0 Å². The van der Waals surface area contributed by atoms with Crippen LogP contribution in [0, 0.1) is 0 Å². The van der Waals surface area contributed by atoms with E-state index in [9.17, 15) is 30.3 Å². The zero-order valence-corrected chi connectivity index (χ0v) is 27.3. The van der Waals surface area contributed by atoms with Crippen molar-refractivity contribution in [1.29, 1.82) is 0 Å². The highest BCUT2D eigenvalue weighted by Crippen LogP contribution is 2.29. The minimum Gasteiger partial charge on any atom is -0.426 e. The van der Waals surface area contributed by atoms with Gasteiger partial charge in [-0.15, -0.1) is 0 Å². The lowest BCUT2D eigenvalue weighted by Crippen LogP contribution is -2.31. The van der Waals surface area contributed by atoms with Crippen molar-refractivity contribution in [1.82, 2.24) is 0 Å². The number of unbranched alkanes of at least 4 members (excludes halogenated alkanes) is 12. The molecule has 2 aliphatic rings. The van der Waals surface area contributed by atoms with Gasteiger partial charge in [0.2, 0.25) is 5.79 Å². The van der Waals surface area contributed by atoms with E-state index in [1.165, 1.54) is 38.7 Å². The lowest BCUT2D eigenvalue weighted by atomic mass is 9.99. The van der Waals surface area contributed by atoms with Crippen LogP contribution in [-0.4, -0.2) is 73.9 Å². The maximum absolute atomic E-state index is 11.7. The highest BCUT2D eigenvalue weighted by atomic mass is 16.7. The Balaban J connectivity index is 1.38. The van der Waals surface area contributed by atoms with E-state index in [0.717, 1.165) is 109 Å². The summed E-state index contributed by atoms with van der Waals surface area (Å²) in [6.07, 6.45) is 21.8. The maximum Gasteiger partial charge on any atom is 0.336 e. The Morgan fingerprint density at radius 2 is 1.12 bits per heavy atom. The van der Waals surface area contributed by atoms with Gasteiger partial charge in [-0.1, -0.05) is 103 Å². The van der Waals surface area contributed by atoms with Crippen molar-refractivity contribution >= 4 is 5.97 Å². The summed E-state index contributed by atoms with van der Waals surface area (Å²) in [6.45, 7) is 3.52. The van der Waals surface area contributed by atoms with E-state index in [-0.39, 0.29) is 24.7 Å². The molecule has 0 aromatic heterocycles. The van der Waals surface area contributed by atoms with E-state index in [4.69, 9.17) is 9.47 Å². The zero-order chi connectivity index (χ0) is 31.5. The summed E-state index contributed by atoms with van der Waals surface area (Å²) >= 11 is 0. The van der Waals surface area contributed by atoms with Gasteiger partial charge in [-0.3, -0.25) is 0 Å². The van der Waals surface area contributed by atoms with Gasteiger partial charge in [0, 0.05) is 18.9 Å². The fourth-order valence-electron chi connectivity index (χ4n) is 6.50. The summed E-state index contributed by atoms with van der Waals surface area (Å²) in [4.78, 5) is 11.7. The number of cyclic esters (lactones) is 1. The molecule has 43 heavy (non-hydrogen) atoms. The van der Waals surface area contributed by atoms with Crippen LogP contribution in [-0.2, 0) is 14.3 Å². The number of aliphatic hydroxyl groups excluding tert-OH is 4. The number of hydrogen-bond donors (Lipinski definition) is 5. The fourth-order valence-corrected chi connectivity index (χ4v) is 6.50. The Kier molecular flexibility index (Phi) is 19.2. The topological polar surface area (TPSA) is 137 Å². The van der Waals surface area contributed by atoms with Crippen LogP contribution in [0.3, 0.4) is 0 Å². The van der Waals surface area contributed by atoms with E-state index in [1.54, 1.807) is 0 Å². The Morgan fingerprint density at radius 3 is 1.53 bits per heavy atom. The molecule has 0 amide bonds. The highest BCUT2D eigenvalue weighted by Gasteiger charge is 2.35. The summed E-state index contributed by atoms with van der Waals surface area (Å²) in [6, 6.07) is 0. The van der Waals surface area contributed by atoms with Crippen LogP contribution in [0.2, 0.25) is 0 Å². The summed E-state index contributed by atoms with van der Waals surface area (Å²) in [5, 5.41) is 50.9. The first-order valence-corrected chi connectivity index (χ1v) is 17.7. The van der Waals surface area contributed by atoms with E-state index in [2.05, 4.69) is 6.92 Å². The molecular formula is C35H64O8. The maximum atomic E-state index is 11.7. The first-order valence-electron chi connectivity index (χ1n) is 17.7. The summed E-state index contributed by atoms with van der Waals surface area (Å²) < 4.78 is 10.9. The normalized spacial score (nSPS) is 25.0. The van der Waals surface area contributed by atoms with Crippen LogP contribution >= 0.6 is 0 Å². The van der Waals surface area contributed by atoms with Gasteiger partial charge in [0.05, 0.1) is 36.6 Å². The molecule has 0 aromatic rings. The summed E-state index contributed by atoms with van der Waals surface area (Å²) in [5.74, 6) is -2.10. The van der Waals surface area contributed by atoms with Gasteiger partial charge in [-0.25, -0.2) is 4.79 Å². The van der Waals surface area contributed by atoms with Crippen LogP contribution in [0.25, 0.3) is 0 Å². The van der Waals surface area contributed by atoms with Crippen molar-refractivity contribution in [2.24, 2.45) is 0 Å². The molecule has 0 saturated carbocycles. The van der Waals surface area contributed by atoms with Gasteiger partial charge in [0.1, 0.15) is 0 Å². The third kappa shape index (κ3) is 16.7.